The Morgan fingerprint density at radius 1 is 1.31 bits per heavy atom. The van der Waals surface area contributed by atoms with Crippen LogP contribution in [-0.4, -0.2) is 40.8 Å². The summed E-state index contributed by atoms with van der Waals surface area (Å²) in [5.41, 5.74) is 0. The molecule has 3 nitrogen and oxygen atoms in total. The lowest BCUT2D eigenvalue weighted by molar-refractivity contribution is -0.150. The number of aliphatic hydroxyl groups is 1. The molecule has 1 amide bonds. The minimum absolute atomic E-state index is 0.0638. The van der Waals surface area contributed by atoms with Crippen molar-refractivity contribution in [1.82, 2.24) is 4.90 Å². The molecule has 0 radical (unpaired) electrons. The highest BCUT2D eigenvalue weighted by atomic mass is 19.4. The third-order valence-corrected chi connectivity index (χ3v) is 2.03. The summed E-state index contributed by atoms with van der Waals surface area (Å²) >= 11 is 0. The summed E-state index contributed by atoms with van der Waals surface area (Å²) in [5, 5.41) is 9.13. The number of carbonyl (C=O) groups is 1. The molecule has 6 heteroatoms. The summed E-state index contributed by atoms with van der Waals surface area (Å²) in [6.07, 6.45) is -6.73. The summed E-state index contributed by atoms with van der Waals surface area (Å²) in [4.78, 5) is 12.7. The first kappa shape index (κ1) is 15.2. The molecule has 0 rings (SSSR count). The van der Waals surface area contributed by atoms with Gasteiger partial charge in [0.15, 0.2) is 0 Å². The number of hydrogen-bond donors (Lipinski definition) is 1. The molecule has 0 saturated carbocycles. The lowest BCUT2D eigenvalue weighted by atomic mass is 10.2. The van der Waals surface area contributed by atoms with Crippen molar-refractivity contribution in [1.29, 1.82) is 0 Å². The van der Waals surface area contributed by atoms with Gasteiger partial charge in [0, 0.05) is 19.0 Å². The molecule has 0 aliphatic heterocycles. The summed E-state index contributed by atoms with van der Waals surface area (Å²) < 4.78 is 35.8. The molecule has 0 fully saturated rings. The first-order valence-electron chi connectivity index (χ1n) is 5.17. The van der Waals surface area contributed by atoms with Gasteiger partial charge in [0.1, 0.15) is 0 Å². The van der Waals surface area contributed by atoms with Crippen molar-refractivity contribution in [2.75, 3.05) is 6.54 Å². The Morgan fingerprint density at radius 3 is 2.12 bits per heavy atom. The Hall–Kier alpha value is -0.780. The van der Waals surface area contributed by atoms with Crippen LogP contribution in [0.15, 0.2) is 0 Å². The van der Waals surface area contributed by atoms with Crippen molar-refractivity contribution >= 4 is 5.91 Å². The van der Waals surface area contributed by atoms with E-state index in [-0.39, 0.29) is 12.6 Å². The Bertz CT molecular complexity index is 227. The van der Waals surface area contributed by atoms with Crippen LogP contribution in [0.2, 0.25) is 0 Å². The monoisotopic (exact) mass is 241 g/mol. The van der Waals surface area contributed by atoms with Gasteiger partial charge in [0.2, 0.25) is 5.91 Å². The number of carbonyl (C=O) groups excluding carboxylic acids is 1. The molecular formula is C10H18F3NO2. The fraction of sp³-hybridized carbons (Fsp3) is 0.900. The number of alkyl halides is 3. The Kier molecular flexibility index (Phi) is 5.78. The molecule has 1 N–H and O–H groups in total. The zero-order valence-electron chi connectivity index (χ0n) is 9.71. The third-order valence-electron chi connectivity index (χ3n) is 2.03. The largest absolute Gasteiger partial charge is 0.392 e. The SMILES string of the molecule is CC(O)CN(C(=O)CCC(F)(F)F)C(C)C. The Balaban J connectivity index is 4.29. The highest BCUT2D eigenvalue weighted by molar-refractivity contribution is 5.76. The molecule has 16 heavy (non-hydrogen) atoms. The fourth-order valence-corrected chi connectivity index (χ4v) is 1.28. The molecule has 0 aliphatic rings. The maximum absolute atomic E-state index is 11.9. The van der Waals surface area contributed by atoms with Crippen molar-refractivity contribution in [3.8, 4) is 0 Å². The number of nitrogens with zero attached hydrogens (tertiary/aromatic N) is 1. The first-order valence-corrected chi connectivity index (χ1v) is 5.17. The predicted molar refractivity (Wildman–Crippen MR) is 53.8 cm³/mol. The first-order chi connectivity index (χ1) is 7.13. The lowest BCUT2D eigenvalue weighted by Crippen LogP contribution is -2.41. The van der Waals surface area contributed by atoms with E-state index in [4.69, 9.17) is 5.11 Å². The molecule has 0 spiro atoms. The van der Waals surface area contributed by atoms with E-state index in [1.165, 1.54) is 11.8 Å². The van der Waals surface area contributed by atoms with E-state index in [0.717, 1.165) is 0 Å². The van der Waals surface area contributed by atoms with Crippen LogP contribution in [0, 0.1) is 0 Å². The van der Waals surface area contributed by atoms with E-state index >= 15 is 0 Å². The predicted octanol–water partition coefficient (Wildman–Crippen LogP) is 1.95. The standard InChI is InChI=1S/C10H18F3NO2/c1-7(2)14(6-8(3)15)9(16)4-5-10(11,12)13/h7-8,15H,4-6H2,1-3H3. The molecule has 0 bridgehead atoms. The van der Waals surface area contributed by atoms with Crippen molar-refractivity contribution < 1.29 is 23.1 Å². The van der Waals surface area contributed by atoms with Crippen LogP contribution in [0.4, 0.5) is 13.2 Å². The zero-order chi connectivity index (χ0) is 12.9. The average molecular weight is 241 g/mol. The molecule has 0 heterocycles. The molecule has 0 aromatic rings. The maximum Gasteiger partial charge on any atom is 0.389 e. The lowest BCUT2D eigenvalue weighted by Gasteiger charge is -2.28. The number of rotatable bonds is 5. The van der Waals surface area contributed by atoms with Crippen LogP contribution in [-0.2, 0) is 4.79 Å². The quantitative estimate of drug-likeness (QED) is 0.799. The summed E-state index contributed by atoms with van der Waals surface area (Å²) in [7, 11) is 0. The second-order valence-corrected chi connectivity index (χ2v) is 4.10. The van der Waals surface area contributed by atoms with Crippen LogP contribution in [0.5, 0.6) is 0 Å². The molecule has 1 unspecified atom stereocenters. The molecule has 0 aromatic heterocycles. The number of amides is 1. The van der Waals surface area contributed by atoms with Crippen molar-refractivity contribution in [2.45, 2.75) is 51.9 Å². The van der Waals surface area contributed by atoms with Gasteiger partial charge < -0.3 is 10.0 Å². The third kappa shape index (κ3) is 6.66. The number of halogens is 3. The summed E-state index contributed by atoms with van der Waals surface area (Å²) in [6, 6.07) is -0.213. The van der Waals surface area contributed by atoms with Crippen LogP contribution < -0.4 is 0 Å². The highest BCUT2D eigenvalue weighted by Crippen LogP contribution is 2.22. The molecule has 0 saturated heterocycles. The normalized spacial score (nSPS) is 14.0. The number of hydrogen-bond acceptors (Lipinski definition) is 2. The topological polar surface area (TPSA) is 40.5 Å². The van der Waals surface area contributed by atoms with Crippen LogP contribution >= 0.6 is 0 Å². The summed E-state index contributed by atoms with van der Waals surface area (Å²) in [6.45, 7) is 4.96. The van der Waals surface area contributed by atoms with Crippen LogP contribution in [0.25, 0.3) is 0 Å². The van der Waals surface area contributed by atoms with Gasteiger partial charge in [-0.25, -0.2) is 0 Å². The molecule has 0 aliphatic carbocycles. The Labute approximate surface area is 93.2 Å². The molecular weight excluding hydrogens is 223 g/mol. The van der Waals surface area contributed by atoms with Gasteiger partial charge in [0.25, 0.3) is 0 Å². The minimum atomic E-state index is -4.32. The van der Waals surface area contributed by atoms with Crippen molar-refractivity contribution in [2.24, 2.45) is 0 Å². The van der Waals surface area contributed by atoms with E-state index in [0.29, 0.717) is 0 Å². The van der Waals surface area contributed by atoms with Crippen molar-refractivity contribution in [3.05, 3.63) is 0 Å². The van der Waals surface area contributed by atoms with Gasteiger partial charge in [-0.2, -0.15) is 13.2 Å². The summed E-state index contributed by atoms with van der Waals surface area (Å²) in [5.74, 6) is -0.576. The van der Waals surface area contributed by atoms with Gasteiger partial charge >= 0.3 is 6.18 Å². The van der Waals surface area contributed by atoms with Gasteiger partial charge in [-0.15, -0.1) is 0 Å². The molecule has 96 valence electrons. The Morgan fingerprint density at radius 2 is 1.81 bits per heavy atom. The van der Waals surface area contributed by atoms with Gasteiger partial charge in [-0.05, 0) is 20.8 Å². The fourth-order valence-electron chi connectivity index (χ4n) is 1.28. The minimum Gasteiger partial charge on any atom is -0.392 e. The molecule has 0 aromatic carbocycles. The van der Waals surface area contributed by atoms with Crippen LogP contribution in [0.1, 0.15) is 33.6 Å². The van der Waals surface area contributed by atoms with E-state index in [2.05, 4.69) is 0 Å². The number of aliphatic hydroxyl groups excluding tert-OH is 1. The van der Waals surface area contributed by atoms with Gasteiger partial charge in [-0.1, -0.05) is 0 Å². The van der Waals surface area contributed by atoms with Crippen molar-refractivity contribution in [3.63, 3.8) is 0 Å². The molecule has 1 atom stereocenters. The van der Waals surface area contributed by atoms with E-state index < -0.39 is 31.0 Å². The maximum atomic E-state index is 11.9. The highest BCUT2D eigenvalue weighted by Gasteiger charge is 2.29. The van der Waals surface area contributed by atoms with E-state index in [1.54, 1.807) is 13.8 Å². The van der Waals surface area contributed by atoms with E-state index in [9.17, 15) is 18.0 Å². The second kappa shape index (κ2) is 6.08. The van der Waals surface area contributed by atoms with Gasteiger partial charge in [-0.3, -0.25) is 4.79 Å². The second-order valence-electron chi connectivity index (χ2n) is 4.10. The van der Waals surface area contributed by atoms with Crippen LogP contribution in [0.3, 0.4) is 0 Å². The van der Waals surface area contributed by atoms with E-state index in [1.807, 2.05) is 0 Å². The van der Waals surface area contributed by atoms with Gasteiger partial charge in [0.05, 0.1) is 12.5 Å². The average Bonchev–Trinajstić information content (AvgIpc) is 2.08. The zero-order valence-corrected chi connectivity index (χ0v) is 9.71. The smallest absolute Gasteiger partial charge is 0.389 e.